The first kappa shape index (κ1) is 19.2. The van der Waals surface area contributed by atoms with Crippen molar-refractivity contribution in [1.82, 2.24) is 10.2 Å². The van der Waals surface area contributed by atoms with Gasteiger partial charge in [0.05, 0.1) is 12.5 Å². The summed E-state index contributed by atoms with van der Waals surface area (Å²) >= 11 is 0. The molecule has 3 N–H and O–H groups in total. The van der Waals surface area contributed by atoms with Crippen molar-refractivity contribution in [2.45, 2.75) is 26.7 Å². The Kier molecular flexibility index (Phi) is 7.25. The minimum Gasteiger partial charge on any atom is -0.493 e. The second kappa shape index (κ2) is 9.42. The van der Waals surface area contributed by atoms with Gasteiger partial charge in [0.2, 0.25) is 5.91 Å². The number of carbonyl (C=O) groups is 2. The van der Waals surface area contributed by atoms with E-state index in [-0.39, 0.29) is 17.7 Å². The maximum absolute atomic E-state index is 12.8. The molecule has 0 aliphatic carbocycles. The standard InChI is InChI=1S/C19H29N3O3/c1-14(2)13-25-17-7-3-5-15(11-17)19(24)22-10-4-6-16(12-22)18(23)21-9-8-20/h3,5,7,11,14,16H,4,6,8-10,12-13,20H2,1-2H3,(H,21,23). The number of carbonyl (C=O) groups excluding carboxylic acids is 2. The zero-order valence-electron chi connectivity index (χ0n) is 15.2. The summed E-state index contributed by atoms with van der Waals surface area (Å²) in [5.74, 6) is 0.899. The first-order chi connectivity index (χ1) is 12.0. The lowest BCUT2D eigenvalue weighted by molar-refractivity contribution is -0.126. The van der Waals surface area contributed by atoms with E-state index in [4.69, 9.17) is 10.5 Å². The highest BCUT2D eigenvalue weighted by Crippen LogP contribution is 2.21. The van der Waals surface area contributed by atoms with Gasteiger partial charge in [0, 0.05) is 31.7 Å². The Balaban J connectivity index is 1.99. The highest BCUT2D eigenvalue weighted by Gasteiger charge is 2.28. The fourth-order valence-electron chi connectivity index (χ4n) is 2.88. The maximum Gasteiger partial charge on any atom is 0.254 e. The molecule has 138 valence electrons. The van der Waals surface area contributed by atoms with Crippen LogP contribution in [0.1, 0.15) is 37.0 Å². The lowest BCUT2D eigenvalue weighted by Gasteiger charge is -2.32. The summed E-state index contributed by atoms with van der Waals surface area (Å²) in [6, 6.07) is 7.27. The van der Waals surface area contributed by atoms with Crippen LogP contribution in [0.25, 0.3) is 0 Å². The zero-order chi connectivity index (χ0) is 18.2. The minimum absolute atomic E-state index is 0.0167. The van der Waals surface area contributed by atoms with Gasteiger partial charge >= 0.3 is 0 Å². The number of ether oxygens (including phenoxy) is 1. The number of amides is 2. The fraction of sp³-hybridized carbons (Fsp3) is 0.579. The zero-order valence-corrected chi connectivity index (χ0v) is 15.2. The molecule has 0 spiro atoms. The van der Waals surface area contributed by atoms with Crippen LogP contribution in [0.2, 0.25) is 0 Å². The molecule has 0 aromatic heterocycles. The monoisotopic (exact) mass is 347 g/mol. The third-order valence-electron chi connectivity index (χ3n) is 4.19. The van der Waals surface area contributed by atoms with Crippen molar-refractivity contribution in [1.29, 1.82) is 0 Å². The lowest BCUT2D eigenvalue weighted by Crippen LogP contribution is -2.46. The summed E-state index contributed by atoms with van der Waals surface area (Å²) in [6.07, 6.45) is 1.63. The van der Waals surface area contributed by atoms with E-state index in [1.807, 2.05) is 12.1 Å². The molecular weight excluding hydrogens is 318 g/mol. The summed E-state index contributed by atoms with van der Waals surface area (Å²) in [5.41, 5.74) is 6.03. The van der Waals surface area contributed by atoms with Crippen LogP contribution in [0.5, 0.6) is 5.75 Å². The van der Waals surface area contributed by atoms with Crippen LogP contribution in [-0.2, 0) is 4.79 Å². The molecule has 0 radical (unpaired) electrons. The Morgan fingerprint density at radius 2 is 2.20 bits per heavy atom. The summed E-state index contributed by atoms with van der Waals surface area (Å²) in [5, 5.41) is 2.82. The van der Waals surface area contributed by atoms with Crippen molar-refractivity contribution in [2.75, 3.05) is 32.8 Å². The van der Waals surface area contributed by atoms with Gasteiger partial charge in [-0.2, -0.15) is 0 Å². The second-order valence-corrected chi connectivity index (χ2v) is 6.90. The number of likely N-dealkylation sites (tertiary alicyclic amines) is 1. The Labute approximate surface area is 149 Å². The van der Waals surface area contributed by atoms with E-state index < -0.39 is 0 Å². The van der Waals surface area contributed by atoms with E-state index in [9.17, 15) is 9.59 Å². The molecular formula is C19H29N3O3. The topological polar surface area (TPSA) is 84.7 Å². The highest BCUT2D eigenvalue weighted by atomic mass is 16.5. The van der Waals surface area contributed by atoms with Crippen molar-refractivity contribution >= 4 is 11.8 Å². The van der Waals surface area contributed by atoms with Gasteiger partial charge < -0.3 is 20.7 Å². The van der Waals surface area contributed by atoms with E-state index in [1.165, 1.54) is 0 Å². The fourth-order valence-corrected chi connectivity index (χ4v) is 2.88. The molecule has 1 saturated heterocycles. The molecule has 1 aliphatic rings. The van der Waals surface area contributed by atoms with Gasteiger partial charge in [-0.3, -0.25) is 9.59 Å². The van der Waals surface area contributed by atoms with Gasteiger partial charge in [0.1, 0.15) is 5.75 Å². The van der Waals surface area contributed by atoms with Gasteiger partial charge in [0.15, 0.2) is 0 Å². The van der Waals surface area contributed by atoms with Crippen LogP contribution in [0.15, 0.2) is 24.3 Å². The van der Waals surface area contributed by atoms with Crippen molar-refractivity contribution in [3.8, 4) is 5.75 Å². The van der Waals surface area contributed by atoms with Gasteiger partial charge in [0.25, 0.3) is 5.91 Å². The average molecular weight is 347 g/mol. The number of hydrogen-bond donors (Lipinski definition) is 2. The van der Waals surface area contributed by atoms with E-state index in [1.54, 1.807) is 17.0 Å². The van der Waals surface area contributed by atoms with Crippen molar-refractivity contribution < 1.29 is 14.3 Å². The van der Waals surface area contributed by atoms with E-state index >= 15 is 0 Å². The Bertz CT molecular complexity index is 589. The van der Waals surface area contributed by atoms with Crippen LogP contribution < -0.4 is 15.8 Å². The van der Waals surface area contributed by atoms with E-state index in [0.717, 1.165) is 12.8 Å². The number of benzene rings is 1. The predicted octanol–water partition coefficient (Wildman–Crippen LogP) is 1.65. The van der Waals surface area contributed by atoms with E-state index in [2.05, 4.69) is 19.2 Å². The number of hydrogen-bond acceptors (Lipinski definition) is 4. The summed E-state index contributed by atoms with van der Waals surface area (Å²) in [7, 11) is 0. The molecule has 2 amide bonds. The first-order valence-electron chi connectivity index (χ1n) is 9.01. The summed E-state index contributed by atoms with van der Waals surface area (Å²) in [4.78, 5) is 26.7. The predicted molar refractivity (Wildman–Crippen MR) is 97.5 cm³/mol. The smallest absolute Gasteiger partial charge is 0.254 e. The summed E-state index contributed by atoms with van der Waals surface area (Å²) in [6.45, 7) is 6.80. The molecule has 1 heterocycles. The Hall–Kier alpha value is -2.08. The molecule has 0 saturated carbocycles. The molecule has 1 fully saturated rings. The Morgan fingerprint density at radius 1 is 1.40 bits per heavy atom. The molecule has 1 aliphatic heterocycles. The molecule has 1 aromatic carbocycles. The van der Waals surface area contributed by atoms with Gasteiger partial charge in [-0.1, -0.05) is 19.9 Å². The number of piperidine rings is 1. The van der Waals surface area contributed by atoms with Crippen LogP contribution >= 0.6 is 0 Å². The van der Waals surface area contributed by atoms with Crippen LogP contribution in [-0.4, -0.2) is 49.5 Å². The molecule has 6 heteroatoms. The van der Waals surface area contributed by atoms with Crippen molar-refractivity contribution in [2.24, 2.45) is 17.6 Å². The van der Waals surface area contributed by atoms with Gasteiger partial charge in [-0.05, 0) is 37.0 Å². The third kappa shape index (κ3) is 5.74. The molecule has 1 aromatic rings. The minimum atomic E-state index is -0.162. The quantitative estimate of drug-likeness (QED) is 0.785. The molecule has 1 unspecified atom stereocenters. The Morgan fingerprint density at radius 3 is 2.92 bits per heavy atom. The highest BCUT2D eigenvalue weighted by molar-refractivity contribution is 5.95. The van der Waals surface area contributed by atoms with E-state index in [0.29, 0.717) is 50.0 Å². The maximum atomic E-state index is 12.8. The normalized spacial score (nSPS) is 17.4. The summed E-state index contributed by atoms with van der Waals surface area (Å²) < 4.78 is 5.70. The average Bonchev–Trinajstić information content (AvgIpc) is 2.64. The van der Waals surface area contributed by atoms with Crippen molar-refractivity contribution in [3.05, 3.63) is 29.8 Å². The number of rotatable bonds is 7. The van der Waals surface area contributed by atoms with Crippen LogP contribution in [0.3, 0.4) is 0 Å². The molecule has 25 heavy (non-hydrogen) atoms. The first-order valence-corrected chi connectivity index (χ1v) is 9.01. The van der Waals surface area contributed by atoms with Crippen LogP contribution in [0.4, 0.5) is 0 Å². The number of nitrogens with zero attached hydrogens (tertiary/aromatic N) is 1. The second-order valence-electron chi connectivity index (χ2n) is 6.90. The third-order valence-corrected chi connectivity index (χ3v) is 4.19. The van der Waals surface area contributed by atoms with Gasteiger partial charge in [-0.25, -0.2) is 0 Å². The van der Waals surface area contributed by atoms with Gasteiger partial charge in [-0.15, -0.1) is 0 Å². The molecule has 6 nitrogen and oxygen atoms in total. The molecule has 1 atom stereocenters. The lowest BCUT2D eigenvalue weighted by atomic mass is 9.96. The molecule has 2 rings (SSSR count). The van der Waals surface area contributed by atoms with Crippen molar-refractivity contribution in [3.63, 3.8) is 0 Å². The number of nitrogens with one attached hydrogen (secondary N) is 1. The SMILES string of the molecule is CC(C)COc1cccc(C(=O)N2CCCC(C(=O)NCCN)C2)c1. The molecule has 0 bridgehead atoms. The van der Waals surface area contributed by atoms with Crippen LogP contribution in [0, 0.1) is 11.8 Å². The number of nitrogens with two attached hydrogens (primary N) is 1. The largest absolute Gasteiger partial charge is 0.493 e.